The van der Waals surface area contributed by atoms with Crippen molar-refractivity contribution < 1.29 is 0 Å². The molecule has 2 aromatic heterocycles. The summed E-state index contributed by atoms with van der Waals surface area (Å²) < 4.78 is 0. The summed E-state index contributed by atoms with van der Waals surface area (Å²) in [6.45, 7) is 3.26. The van der Waals surface area contributed by atoms with Crippen LogP contribution in [-0.4, -0.2) is 32.9 Å². The van der Waals surface area contributed by atoms with Gasteiger partial charge >= 0.3 is 0 Å². The number of aromatic nitrogens is 3. The van der Waals surface area contributed by atoms with Gasteiger partial charge in [-0.3, -0.25) is 9.88 Å². The molecule has 2 aromatic rings. The Morgan fingerprint density at radius 2 is 2.17 bits per heavy atom. The van der Waals surface area contributed by atoms with Gasteiger partial charge in [-0.05, 0) is 38.1 Å². The lowest BCUT2D eigenvalue weighted by molar-refractivity contribution is 0.201. The Kier molecular flexibility index (Phi) is 3.37. The fourth-order valence-corrected chi connectivity index (χ4v) is 2.62. The smallest absolute Gasteiger partial charge is 0.0922 e. The highest BCUT2D eigenvalue weighted by molar-refractivity contribution is 5.10. The summed E-state index contributed by atoms with van der Waals surface area (Å²) in [6.07, 6.45) is 7.95. The largest absolute Gasteiger partial charge is 0.347 e. The van der Waals surface area contributed by atoms with E-state index in [1.807, 2.05) is 18.5 Å². The highest BCUT2D eigenvalue weighted by atomic mass is 15.1. The molecule has 1 fully saturated rings. The van der Waals surface area contributed by atoms with Crippen LogP contribution in [0.15, 0.2) is 36.9 Å². The molecule has 0 aliphatic carbocycles. The molecule has 1 aliphatic rings. The molecule has 0 saturated carbocycles. The Morgan fingerprint density at radius 3 is 2.83 bits per heavy atom. The Morgan fingerprint density at radius 1 is 1.28 bits per heavy atom. The van der Waals surface area contributed by atoms with Gasteiger partial charge in [0.05, 0.1) is 6.33 Å². The Labute approximate surface area is 107 Å². The number of rotatable bonds is 3. The van der Waals surface area contributed by atoms with Gasteiger partial charge in [-0.2, -0.15) is 0 Å². The number of piperidine rings is 1. The molecule has 0 spiro atoms. The number of hydrogen-bond donors (Lipinski definition) is 1. The monoisotopic (exact) mass is 242 g/mol. The standard InChI is InChI=1S/C14H18N4/c1-2-6-16-14(3-1)12-4-7-18(8-5-12)10-13-9-15-11-17-13/h1-3,6,9,11-12H,4-5,7-8,10H2,(H,15,17). The maximum atomic E-state index is 4.47. The molecule has 0 unspecified atom stereocenters. The maximum absolute atomic E-state index is 4.47. The van der Waals surface area contributed by atoms with Crippen LogP contribution in [0.25, 0.3) is 0 Å². The highest BCUT2D eigenvalue weighted by Crippen LogP contribution is 2.26. The number of H-pyrrole nitrogens is 1. The molecule has 1 N–H and O–H groups in total. The molecule has 94 valence electrons. The average molecular weight is 242 g/mol. The SMILES string of the molecule is c1ccc(C2CCN(Cc3cnc[nH]3)CC2)nc1. The Balaban J connectivity index is 1.55. The lowest BCUT2D eigenvalue weighted by Gasteiger charge is -2.31. The second-order valence-electron chi connectivity index (χ2n) is 4.88. The van der Waals surface area contributed by atoms with E-state index in [9.17, 15) is 0 Å². The van der Waals surface area contributed by atoms with E-state index < -0.39 is 0 Å². The number of imidazole rings is 1. The third kappa shape index (κ3) is 2.59. The topological polar surface area (TPSA) is 44.8 Å². The summed E-state index contributed by atoms with van der Waals surface area (Å²) in [5, 5.41) is 0. The number of pyridine rings is 1. The van der Waals surface area contributed by atoms with Gasteiger partial charge in [-0.1, -0.05) is 6.07 Å². The molecule has 1 aliphatic heterocycles. The van der Waals surface area contributed by atoms with Gasteiger partial charge in [0.15, 0.2) is 0 Å². The van der Waals surface area contributed by atoms with Crippen LogP contribution < -0.4 is 0 Å². The van der Waals surface area contributed by atoms with Crippen LogP contribution in [0.5, 0.6) is 0 Å². The van der Waals surface area contributed by atoms with Crippen LogP contribution in [0.1, 0.15) is 30.1 Å². The summed E-state index contributed by atoms with van der Waals surface area (Å²) in [5.41, 5.74) is 2.45. The molecule has 0 amide bonds. The molecule has 18 heavy (non-hydrogen) atoms. The molecule has 0 atom stereocenters. The van der Waals surface area contributed by atoms with Crippen molar-refractivity contribution in [2.75, 3.05) is 13.1 Å². The molecule has 0 radical (unpaired) electrons. The second-order valence-corrected chi connectivity index (χ2v) is 4.88. The first-order valence-corrected chi connectivity index (χ1v) is 6.52. The first kappa shape index (κ1) is 11.4. The normalized spacial score (nSPS) is 18.0. The summed E-state index contributed by atoms with van der Waals surface area (Å²) in [5.74, 6) is 0.629. The number of nitrogens with one attached hydrogen (secondary N) is 1. The minimum atomic E-state index is 0.629. The summed E-state index contributed by atoms with van der Waals surface area (Å²) in [4.78, 5) is 14.2. The van der Waals surface area contributed by atoms with Gasteiger partial charge in [-0.15, -0.1) is 0 Å². The maximum Gasteiger partial charge on any atom is 0.0922 e. The number of nitrogens with zero attached hydrogens (tertiary/aromatic N) is 3. The van der Waals surface area contributed by atoms with Crippen molar-refractivity contribution in [2.24, 2.45) is 0 Å². The average Bonchev–Trinajstić information content (AvgIpc) is 2.94. The molecule has 0 aromatic carbocycles. The number of likely N-dealkylation sites (tertiary alicyclic amines) is 1. The van der Waals surface area contributed by atoms with Gasteiger partial charge in [0.1, 0.15) is 0 Å². The van der Waals surface area contributed by atoms with Crippen LogP contribution in [0.3, 0.4) is 0 Å². The van der Waals surface area contributed by atoms with E-state index >= 15 is 0 Å². The molecule has 0 bridgehead atoms. The van der Waals surface area contributed by atoms with E-state index in [4.69, 9.17) is 0 Å². The van der Waals surface area contributed by atoms with Crippen LogP contribution >= 0.6 is 0 Å². The Bertz CT molecular complexity index is 458. The zero-order valence-electron chi connectivity index (χ0n) is 10.4. The number of hydrogen-bond acceptors (Lipinski definition) is 3. The van der Waals surface area contributed by atoms with E-state index in [2.05, 4.69) is 32.0 Å². The first-order chi connectivity index (χ1) is 8.92. The van der Waals surface area contributed by atoms with E-state index in [-0.39, 0.29) is 0 Å². The Hall–Kier alpha value is -1.68. The predicted molar refractivity (Wildman–Crippen MR) is 70.1 cm³/mol. The molecule has 4 heteroatoms. The van der Waals surface area contributed by atoms with Gasteiger partial charge < -0.3 is 4.98 Å². The third-order valence-corrected chi connectivity index (χ3v) is 3.64. The van der Waals surface area contributed by atoms with Crippen LogP contribution in [0, 0.1) is 0 Å². The second kappa shape index (κ2) is 5.31. The van der Waals surface area contributed by atoms with Crippen molar-refractivity contribution in [3.8, 4) is 0 Å². The van der Waals surface area contributed by atoms with Gasteiger partial charge in [0.25, 0.3) is 0 Å². The van der Waals surface area contributed by atoms with Crippen molar-refractivity contribution in [2.45, 2.75) is 25.3 Å². The van der Waals surface area contributed by atoms with Crippen molar-refractivity contribution >= 4 is 0 Å². The molecule has 4 nitrogen and oxygen atoms in total. The molecule has 3 heterocycles. The molecule has 1 saturated heterocycles. The molecular formula is C14H18N4. The minimum Gasteiger partial charge on any atom is -0.347 e. The highest BCUT2D eigenvalue weighted by Gasteiger charge is 2.21. The minimum absolute atomic E-state index is 0.629. The quantitative estimate of drug-likeness (QED) is 0.897. The van der Waals surface area contributed by atoms with Gasteiger partial charge in [0.2, 0.25) is 0 Å². The summed E-state index contributed by atoms with van der Waals surface area (Å²) >= 11 is 0. The molecule has 3 rings (SSSR count). The van der Waals surface area contributed by atoms with E-state index in [0.717, 1.165) is 19.6 Å². The number of aromatic amines is 1. The first-order valence-electron chi connectivity index (χ1n) is 6.52. The van der Waals surface area contributed by atoms with Crippen molar-refractivity contribution in [3.05, 3.63) is 48.3 Å². The van der Waals surface area contributed by atoms with Crippen LogP contribution in [0.4, 0.5) is 0 Å². The van der Waals surface area contributed by atoms with E-state index in [1.54, 1.807) is 6.33 Å². The van der Waals surface area contributed by atoms with E-state index in [0.29, 0.717) is 5.92 Å². The molecular weight excluding hydrogens is 224 g/mol. The summed E-state index contributed by atoms with van der Waals surface area (Å²) in [7, 11) is 0. The zero-order valence-corrected chi connectivity index (χ0v) is 10.4. The van der Waals surface area contributed by atoms with E-state index in [1.165, 1.54) is 24.2 Å². The lowest BCUT2D eigenvalue weighted by atomic mass is 9.93. The van der Waals surface area contributed by atoms with Gasteiger partial charge in [0, 0.05) is 36.2 Å². The predicted octanol–water partition coefficient (Wildman–Crippen LogP) is 2.18. The third-order valence-electron chi connectivity index (χ3n) is 3.64. The van der Waals surface area contributed by atoms with Gasteiger partial charge in [-0.25, -0.2) is 4.98 Å². The van der Waals surface area contributed by atoms with Crippen molar-refractivity contribution in [1.29, 1.82) is 0 Å². The zero-order chi connectivity index (χ0) is 12.2. The lowest BCUT2D eigenvalue weighted by Crippen LogP contribution is -2.32. The summed E-state index contributed by atoms with van der Waals surface area (Å²) in [6, 6.07) is 6.21. The van der Waals surface area contributed by atoms with Crippen molar-refractivity contribution in [3.63, 3.8) is 0 Å². The van der Waals surface area contributed by atoms with Crippen LogP contribution in [-0.2, 0) is 6.54 Å². The van der Waals surface area contributed by atoms with Crippen molar-refractivity contribution in [1.82, 2.24) is 19.9 Å². The van der Waals surface area contributed by atoms with Crippen LogP contribution in [0.2, 0.25) is 0 Å². The fraction of sp³-hybridized carbons (Fsp3) is 0.429. The fourth-order valence-electron chi connectivity index (χ4n) is 2.62.